The zero-order valence-electron chi connectivity index (χ0n) is 19.4. The fourth-order valence-corrected chi connectivity index (χ4v) is 4.14. The number of nitrogens with zero attached hydrogens (tertiary/aromatic N) is 2. The monoisotopic (exact) mass is 460 g/mol. The number of anilines is 2. The third-order valence-corrected chi connectivity index (χ3v) is 5.80. The highest BCUT2D eigenvalue weighted by molar-refractivity contribution is 5.95. The number of benzene rings is 2. The van der Waals surface area contributed by atoms with Gasteiger partial charge in [0.2, 0.25) is 0 Å². The number of halogens is 2. The van der Waals surface area contributed by atoms with Gasteiger partial charge >= 0.3 is 0 Å². The van der Waals surface area contributed by atoms with Gasteiger partial charge in [-0.15, -0.1) is 0 Å². The van der Waals surface area contributed by atoms with Crippen LogP contribution in [-0.4, -0.2) is 69.4 Å². The molecule has 0 aromatic heterocycles. The maximum absolute atomic E-state index is 14.0. The van der Waals surface area contributed by atoms with E-state index in [9.17, 15) is 18.7 Å². The molecule has 6 nitrogen and oxygen atoms in total. The number of carbonyl (C=O) groups excluding carboxylic acids is 1. The van der Waals surface area contributed by atoms with Crippen LogP contribution in [0.1, 0.15) is 29.8 Å². The van der Waals surface area contributed by atoms with Crippen molar-refractivity contribution in [3.8, 4) is 0 Å². The number of hydrogen-bond acceptors (Lipinski definition) is 6. The van der Waals surface area contributed by atoms with Crippen LogP contribution in [0.3, 0.4) is 0 Å². The first-order valence-corrected chi connectivity index (χ1v) is 11.5. The Morgan fingerprint density at radius 2 is 1.61 bits per heavy atom. The second kappa shape index (κ2) is 12.1. The molecule has 0 spiro atoms. The Kier molecular flexibility index (Phi) is 9.17. The third-order valence-electron chi connectivity index (χ3n) is 5.80. The molecule has 0 saturated carbocycles. The largest absolute Gasteiger partial charge is 0.393 e. The molecule has 4 rings (SSSR count). The summed E-state index contributed by atoms with van der Waals surface area (Å²) in [6, 6.07) is 10.8. The van der Waals surface area contributed by atoms with Crippen LogP contribution in [0.15, 0.2) is 36.4 Å². The maximum atomic E-state index is 14.0. The molecule has 2 aliphatic rings. The molecule has 2 aromatic carbocycles. The fraction of sp³-hybridized carbons (Fsp3) is 0.480. The van der Waals surface area contributed by atoms with Crippen molar-refractivity contribution in [3.05, 3.63) is 59.2 Å². The molecule has 2 aliphatic heterocycles. The van der Waals surface area contributed by atoms with E-state index in [2.05, 4.69) is 39.8 Å². The lowest BCUT2D eigenvalue weighted by atomic mass is 10.1. The summed E-state index contributed by atoms with van der Waals surface area (Å²) in [4.78, 5) is 15.2. The first-order valence-electron chi connectivity index (χ1n) is 11.5. The highest BCUT2D eigenvalue weighted by Gasteiger charge is 2.22. The average molecular weight is 461 g/mol. The molecule has 2 saturated heterocycles. The Hall–Kier alpha value is -2.55. The molecule has 1 atom stereocenters. The molecule has 8 heteroatoms. The molecule has 2 aromatic rings. The summed E-state index contributed by atoms with van der Waals surface area (Å²) in [5, 5.41) is 15.8. The third kappa shape index (κ3) is 6.96. The molecule has 3 N–H and O–H groups in total. The second-order valence-electron chi connectivity index (χ2n) is 8.51. The smallest absolute Gasteiger partial charge is 0.162 e. The molecule has 2 fully saturated rings. The Bertz CT molecular complexity index is 927. The zero-order chi connectivity index (χ0) is 23.8. The summed E-state index contributed by atoms with van der Waals surface area (Å²) in [5.74, 6) is -1.76. The van der Waals surface area contributed by atoms with Crippen molar-refractivity contribution in [1.82, 2.24) is 10.6 Å². The summed E-state index contributed by atoms with van der Waals surface area (Å²) in [7, 11) is 0. The minimum absolute atomic E-state index is 0.0556. The highest BCUT2D eigenvalue weighted by Crippen LogP contribution is 2.26. The normalized spacial score (nSPS) is 17.2. The van der Waals surface area contributed by atoms with Gasteiger partial charge < -0.3 is 25.5 Å². The van der Waals surface area contributed by atoms with Crippen LogP contribution < -0.4 is 20.4 Å². The summed E-state index contributed by atoms with van der Waals surface area (Å²) in [5.41, 5.74) is 2.35. The van der Waals surface area contributed by atoms with Crippen LogP contribution in [0, 0.1) is 11.6 Å². The molecular weight excluding hydrogens is 426 g/mol. The minimum atomic E-state index is -0.751. The van der Waals surface area contributed by atoms with E-state index >= 15 is 0 Å². The lowest BCUT2D eigenvalue weighted by Crippen LogP contribution is -2.44. The van der Waals surface area contributed by atoms with Gasteiger partial charge in [-0.05, 0) is 50.1 Å². The summed E-state index contributed by atoms with van der Waals surface area (Å²) in [6.07, 6.45) is 0.471. The van der Waals surface area contributed by atoms with Crippen LogP contribution >= 0.6 is 0 Å². The summed E-state index contributed by atoms with van der Waals surface area (Å²) in [6.45, 7) is 9.80. The fourth-order valence-electron chi connectivity index (χ4n) is 4.14. The molecular formula is C25H34F2N4O2. The van der Waals surface area contributed by atoms with Crippen molar-refractivity contribution in [2.75, 3.05) is 62.2 Å². The predicted molar refractivity (Wildman–Crippen MR) is 128 cm³/mol. The van der Waals surface area contributed by atoms with Crippen molar-refractivity contribution in [2.45, 2.75) is 26.4 Å². The van der Waals surface area contributed by atoms with E-state index < -0.39 is 11.6 Å². The average Bonchev–Trinajstić information content (AvgIpc) is 2.80. The zero-order valence-corrected chi connectivity index (χ0v) is 19.4. The maximum Gasteiger partial charge on any atom is 0.162 e. The van der Waals surface area contributed by atoms with E-state index in [0.29, 0.717) is 26.2 Å². The van der Waals surface area contributed by atoms with E-state index in [4.69, 9.17) is 0 Å². The molecule has 0 bridgehead atoms. The van der Waals surface area contributed by atoms with Crippen molar-refractivity contribution in [3.63, 3.8) is 0 Å². The summed E-state index contributed by atoms with van der Waals surface area (Å²) >= 11 is 0. The van der Waals surface area contributed by atoms with Gasteiger partial charge in [-0.3, -0.25) is 4.79 Å². The van der Waals surface area contributed by atoms with E-state index in [0.717, 1.165) is 38.7 Å². The highest BCUT2D eigenvalue weighted by atomic mass is 19.1. The van der Waals surface area contributed by atoms with Crippen molar-refractivity contribution in [1.29, 1.82) is 0 Å². The first-order chi connectivity index (χ1) is 15.9. The Morgan fingerprint density at radius 3 is 2.18 bits per heavy atom. The number of aliphatic hydroxyl groups excluding tert-OH is 1. The number of ketones is 1. The topological polar surface area (TPSA) is 67.8 Å². The SMILES string of the molecule is CC(=O)c1ccc(F)c(N2CCNCC2)c1F.CC(O)Cc1cccc(N2CCNCC2)c1. The van der Waals surface area contributed by atoms with Gasteiger partial charge in [0.05, 0.1) is 11.7 Å². The van der Waals surface area contributed by atoms with Gasteiger partial charge in [0, 0.05) is 58.0 Å². The Morgan fingerprint density at radius 1 is 1.00 bits per heavy atom. The Labute approximate surface area is 194 Å². The second-order valence-corrected chi connectivity index (χ2v) is 8.51. The molecule has 180 valence electrons. The van der Waals surface area contributed by atoms with Gasteiger partial charge in [0.1, 0.15) is 11.5 Å². The number of carbonyl (C=O) groups is 1. The lowest BCUT2D eigenvalue weighted by molar-refractivity contribution is 0.101. The number of hydrogen-bond donors (Lipinski definition) is 3. The number of aliphatic hydroxyl groups is 1. The molecule has 0 radical (unpaired) electrons. The minimum Gasteiger partial charge on any atom is -0.393 e. The van der Waals surface area contributed by atoms with Gasteiger partial charge in [0.25, 0.3) is 0 Å². The van der Waals surface area contributed by atoms with Crippen molar-refractivity contribution >= 4 is 17.2 Å². The number of Topliss-reactive ketones (excluding diaryl/α,β-unsaturated/α-hetero) is 1. The number of nitrogens with one attached hydrogen (secondary N) is 2. The lowest BCUT2D eigenvalue weighted by Gasteiger charge is -2.30. The molecule has 1 unspecified atom stereocenters. The van der Waals surface area contributed by atoms with Gasteiger partial charge in [-0.2, -0.15) is 0 Å². The number of rotatable bonds is 5. The van der Waals surface area contributed by atoms with E-state index in [1.165, 1.54) is 24.2 Å². The van der Waals surface area contributed by atoms with Crippen LogP contribution in [0.25, 0.3) is 0 Å². The quantitative estimate of drug-likeness (QED) is 0.596. The standard InChI is InChI=1S/C13H20N2O.C12H14F2N2O/c1-11(16)9-12-3-2-4-13(10-12)15-7-5-14-6-8-15;1-8(17)9-2-3-10(13)12(11(9)14)16-6-4-15-5-7-16/h2-4,10-11,14,16H,5-9H2,1H3;2-3,15H,4-7H2,1H3. The van der Waals surface area contributed by atoms with E-state index in [-0.39, 0.29) is 23.1 Å². The van der Waals surface area contributed by atoms with Crippen molar-refractivity contribution in [2.24, 2.45) is 0 Å². The first kappa shape index (κ1) is 25.1. The number of piperazine rings is 2. The molecule has 33 heavy (non-hydrogen) atoms. The predicted octanol–water partition coefficient (Wildman–Crippen LogP) is 2.60. The van der Waals surface area contributed by atoms with Crippen molar-refractivity contribution < 1.29 is 18.7 Å². The Balaban J connectivity index is 0.000000186. The molecule has 0 amide bonds. The molecule has 2 heterocycles. The van der Waals surface area contributed by atoms with E-state index in [1.54, 1.807) is 4.90 Å². The van der Waals surface area contributed by atoms with Gasteiger partial charge in [-0.25, -0.2) is 8.78 Å². The van der Waals surface area contributed by atoms with Crippen LogP contribution in [0.4, 0.5) is 20.2 Å². The van der Waals surface area contributed by atoms with E-state index in [1.807, 2.05) is 6.92 Å². The molecule has 0 aliphatic carbocycles. The van der Waals surface area contributed by atoms with Crippen LogP contribution in [0.2, 0.25) is 0 Å². The van der Waals surface area contributed by atoms with Gasteiger partial charge in [-0.1, -0.05) is 12.1 Å². The van der Waals surface area contributed by atoms with Gasteiger partial charge in [0.15, 0.2) is 11.6 Å². The summed E-state index contributed by atoms with van der Waals surface area (Å²) < 4.78 is 27.7. The van der Waals surface area contributed by atoms with Crippen LogP contribution in [0.5, 0.6) is 0 Å². The van der Waals surface area contributed by atoms with Crippen LogP contribution in [-0.2, 0) is 6.42 Å².